The Morgan fingerprint density at radius 2 is 1.79 bits per heavy atom. The smallest absolute Gasteiger partial charge is 0.0782 e. The molecule has 0 saturated heterocycles. The van der Waals surface area contributed by atoms with Crippen LogP contribution in [0.5, 0.6) is 0 Å². The Labute approximate surface area is 127 Å². The highest BCUT2D eigenvalue weighted by atomic mass is 35.5. The van der Waals surface area contributed by atoms with Gasteiger partial charge in [-0.1, -0.05) is 40.9 Å². The minimum atomic E-state index is 0.00627. The van der Waals surface area contributed by atoms with Crippen LogP contribution in [0.4, 0.5) is 5.69 Å². The molecule has 1 aromatic carbocycles. The normalized spacial score (nSPS) is 12.3. The van der Waals surface area contributed by atoms with Gasteiger partial charge in [-0.3, -0.25) is 4.98 Å². The van der Waals surface area contributed by atoms with Crippen molar-refractivity contribution in [3.63, 3.8) is 0 Å². The summed E-state index contributed by atoms with van der Waals surface area (Å²) in [6.45, 7) is 3.95. The fourth-order valence-electron chi connectivity index (χ4n) is 1.76. The van der Waals surface area contributed by atoms with E-state index in [4.69, 9.17) is 34.8 Å². The van der Waals surface area contributed by atoms with E-state index in [0.29, 0.717) is 15.1 Å². The molecule has 1 unspecified atom stereocenters. The molecule has 1 aromatic heterocycles. The molecule has 0 amide bonds. The number of aryl methyl sites for hydroxylation is 1. The zero-order valence-electron chi connectivity index (χ0n) is 10.5. The zero-order valence-corrected chi connectivity index (χ0v) is 12.8. The average Bonchev–Trinajstić information content (AvgIpc) is 2.39. The minimum absolute atomic E-state index is 0.00627. The van der Waals surface area contributed by atoms with Gasteiger partial charge in [0, 0.05) is 5.69 Å². The van der Waals surface area contributed by atoms with Crippen molar-refractivity contribution in [3.8, 4) is 0 Å². The maximum atomic E-state index is 6.21. The molecule has 0 saturated carbocycles. The van der Waals surface area contributed by atoms with Crippen molar-refractivity contribution < 1.29 is 0 Å². The molecule has 0 aliphatic heterocycles. The van der Waals surface area contributed by atoms with Crippen molar-refractivity contribution >= 4 is 40.5 Å². The molecule has 5 heteroatoms. The lowest BCUT2D eigenvalue weighted by Gasteiger charge is -2.18. The van der Waals surface area contributed by atoms with Crippen molar-refractivity contribution in [3.05, 3.63) is 56.8 Å². The molecule has 0 aliphatic carbocycles. The number of hydrogen-bond donors (Lipinski definition) is 1. The Balaban J connectivity index is 2.23. The molecule has 0 aliphatic rings. The molecule has 0 bridgehead atoms. The molecule has 100 valence electrons. The third-order valence-corrected chi connectivity index (χ3v) is 4.13. The van der Waals surface area contributed by atoms with Crippen molar-refractivity contribution in [1.82, 2.24) is 4.98 Å². The van der Waals surface area contributed by atoms with Gasteiger partial charge in [0.15, 0.2) is 0 Å². The highest BCUT2D eigenvalue weighted by Gasteiger charge is 2.14. The molecule has 0 radical (unpaired) electrons. The second kappa shape index (κ2) is 6.00. The van der Waals surface area contributed by atoms with Crippen LogP contribution in [0.15, 0.2) is 30.5 Å². The number of hydrogen-bond acceptors (Lipinski definition) is 2. The lowest BCUT2D eigenvalue weighted by molar-refractivity contribution is 0.882. The van der Waals surface area contributed by atoms with E-state index in [1.54, 1.807) is 12.3 Å². The summed E-state index contributed by atoms with van der Waals surface area (Å²) in [6, 6.07) is 7.55. The van der Waals surface area contributed by atoms with Gasteiger partial charge in [-0.25, -0.2) is 0 Å². The van der Waals surface area contributed by atoms with Crippen molar-refractivity contribution in [2.45, 2.75) is 19.9 Å². The van der Waals surface area contributed by atoms with Crippen LogP contribution >= 0.6 is 34.8 Å². The van der Waals surface area contributed by atoms with Crippen LogP contribution in [0.2, 0.25) is 15.1 Å². The summed E-state index contributed by atoms with van der Waals surface area (Å²) in [5.41, 5.74) is 2.81. The third kappa shape index (κ3) is 3.33. The number of halogens is 3. The quantitative estimate of drug-likeness (QED) is 0.754. The van der Waals surface area contributed by atoms with Crippen LogP contribution in [0.25, 0.3) is 0 Å². The van der Waals surface area contributed by atoms with Gasteiger partial charge in [0.2, 0.25) is 0 Å². The molecule has 1 heterocycles. The van der Waals surface area contributed by atoms with Crippen LogP contribution in [-0.4, -0.2) is 4.98 Å². The van der Waals surface area contributed by atoms with Gasteiger partial charge in [0.05, 0.1) is 33.0 Å². The monoisotopic (exact) mass is 314 g/mol. The summed E-state index contributed by atoms with van der Waals surface area (Å²) in [6.07, 6.45) is 1.79. The zero-order chi connectivity index (χ0) is 14.0. The second-order valence-electron chi connectivity index (χ2n) is 4.32. The van der Waals surface area contributed by atoms with Gasteiger partial charge >= 0.3 is 0 Å². The summed E-state index contributed by atoms with van der Waals surface area (Å²) in [5, 5.41) is 4.65. The first kappa shape index (κ1) is 14.4. The molecule has 2 nitrogen and oxygen atoms in total. The van der Waals surface area contributed by atoms with Gasteiger partial charge in [-0.2, -0.15) is 0 Å². The summed E-state index contributed by atoms with van der Waals surface area (Å²) in [7, 11) is 0. The predicted molar refractivity (Wildman–Crippen MR) is 82.5 cm³/mol. The van der Waals surface area contributed by atoms with E-state index < -0.39 is 0 Å². The molecule has 19 heavy (non-hydrogen) atoms. The maximum absolute atomic E-state index is 6.21. The molecular weight excluding hydrogens is 303 g/mol. The Hall–Kier alpha value is -0.960. The standard InChI is InChI=1S/C14H13Cl3N2/c1-8-3-4-10(7-18-8)19-9(2)11-5-6-12(15)14(17)13(11)16/h3-7,9,19H,1-2H3. The summed E-state index contributed by atoms with van der Waals surface area (Å²) < 4.78 is 0. The first-order valence-corrected chi connectivity index (χ1v) is 6.95. The van der Waals surface area contributed by atoms with Crippen molar-refractivity contribution in [1.29, 1.82) is 0 Å². The summed E-state index contributed by atoms with van der Waals surface area (Å²) in [5.74, 6) is 0. The van der Waals surface area contributed by atoms with Gasteiger partial charge < -0.3 is 5.32 Å². The van der Waals surface area contributed by atoms with E-state index in [-0.39, 0.29) is 6.04 Å². The number of nitrogens with one attached hydrogen (secondary N) is 1. The number of benzene rings is 1. The van der Waals surface area contributed by atoms with Crippen LogP contribution < -0.4 is 5.32 Å². The third-order valence-electron chi connectivity index (χ3n) is 2.83. The second-order valence-corrected chi connectivity index (χ2v) is 5.48. The predicted octanol–water partition coefficient (Wildman–Crippen LogP) is 5.52. The molecule has 0 fully saturated rings. The molecule has 1 N–H and O–H groups in total. The highest BCUT2D eigenvalue weighted by Crippen LogP contribution is 2.36. The van der Waals surface area contributed by atoms with E-state index in [0.717, 1.165) is 16.9 Å². The van der Waals surface area contributed by atoms with Crippen molar-refractivity contribution in [2.75, 3.05) is 5.32 Å². The summed E-state index contributed by atoms with van der Waals surface area (Å²) in [4.78, 5) is 4.24. The summed E-state index contributed by atoms with van der Waals surface area (Å²) >= 11 is 18.2. The fourth-order valence-corrected chi connectivity index (χ4v) is 2.46. The van der Waals surface area contributed by atoms with E-state index in [1.165, 1.54) is 0 Å². The lowest BCUT2D eigenvalue weighted by Crippen LogP contribution is -2.07. The van der Waals surface area contributed by atoms with E-state index >= 15 is 0 Å². The maximum Gasteiger partial charge on any atom is 0.0782 e. The molecular formula is C14H13Cl3N2. The van der Waals surface area contributed by atoms with Crippen molar-refractivity contribution in [2.24, 2.45) is 0 Å². The first-order chi connectivity index (χ1) is 8.99. The number of rotatable bonds is 3. The SMILES string of the molecule is Cc1ccc(NC(C)c2ccc(Cl)c(Cl)c2Cl)cn1. The van der Waals surface area contributed by atoms with Crippen LogP contribution in [-0.2, 0) is 0 Å². The minimum Gasteiger partial charge on any atom is -0.377 e. The van der Waals surface area contributed by atoms with Gasteiger partial charge in [-0.05, 0) is 37.6 Å². The highest BCUT2D eigenvalue weighted by molar-refractivity contribution is 6.48. The average molecular weight is 316 g/mol. The van der Waals surface area contributed by atoms with E-state index in [2.05, 4.69) is 10.3 Å². The Kier molecular flexibility index (Phi) is 4.56. The van der Waals surface area contributed by atoms with Gasteiger partial charge in [-0.15, -0.1) is 0 Å². The first-order valence-electron chi connectivity index (χ1n) is 5.81. The van der Waals surface area contributed by atoms with Gasteiger partial charge in [0.25, 0.3) is 0 Å². The topological polar surface area (TPSA) is 24.9 Å². The van der Waals surface area contributed by atoms with Crippen LogP contribution in [0.1, 0.15) is 24.2 Å². The largest absolute Gasteiger partial charge is 0.377 e. The number of aromatic nitrogens is 1. The van der Waals surface area contributed by atoms with Gasteiger partial charge in [0.1, 0.15) is 0 Å². The Morgan fingerprint density at radius 3 is 2.42 bits per heavy atom. The lowest BCUT2D eigenvalue weighted by atomic mass is 10.1. The van der Waals surface area contributed by atoms with E-state index in [1.807, 2.05) is 32.0 Å². The van der Waals surface area contributed by atoms with Crippen LogP contribution in [0, 0.1) is 6.92 Å². The molecule has 2 aromatic rings. The molecule has 0 spiro atoms. The number of anilines is 1. The molecule has 2 rings (SSSR count). The Morgan fingerprint density at radius 1 is 1.05 bits per heavy atom. The Bertz CT molecular complexity index is 582. The van der Waals surface area contributed by atoms with Crippen LogP contribution in [0.3, 0.4) is 0 Å². The molecule has 1 atom stereocenters. The van der Waals surface area contributed by atoms with E-state index in [9.17, 15) is 0 Å². The fraction of sp³-hybridized carbons (Fsp3) is 0.214. The number of nitrogens with zero attached hydrogens (tertiary/aromatic N) is 1. The number of pyridine rings is 1.